The van der Waals surface area contributed by atoms with Gasteiger partial charge < -0.3 is 9.67 Å². The lowest BCUT2D eigenvalue weighted by Gasteiger charge is -2.14. The summed E-state index contributed by atoms with van der Waals surface area (Å²) in [6, 6.07) is -0.731. The first-order valence-electron chi connectivity index (χ1n) is 4.77. The molecule has 0 fully saturated rings. The molecule has 0 aliphatic heterocycles. The summed E-state index contributed by atoms with van der Waals surface area (Å²) >= 11 is 0. The van der Waals surface area contributed by atoms with Crippen molar-refractivity contribution < 1.29 is 9.90 Å². The first-order valence-corrected chi connectivity index (χ1v) is 4.77. The average molecular weight is 209 g/mol. The van der Waals surface area contributed by atoms with Gasteiger partial charge in [0, 0.05) is 13.1 Å². The molecule has 1 atom stereocenters. The van der Waals surface area contributed by atoms with Crippen molar-refractivity contribution in [2.45, 2.75) is 19.5 Å². The molecule has 0 radical (unpaired) electrons. The lowest BCUT2D eigenvalue weighted by Crippen LogP contribution is -2.30. The molecule has 0 aromatic carbocycles. The monoisotopic (exact) mass is 209 g/mol. The standard InChI is InChI=1S/C10H15N3O2/c1-3-5-12-9(10(14)15)8-6-11-7-13(8)4-2/h3,6-7,9,12H,1,4-5H2,2H3,(H,14,15). The number of carboxylic acids is 1. The number of nitrogens with one attached hydrogen (secondary N) is 1. The molecule has 1 rings (SSSR count). The minimum atomic E-state index is -0.910. The Morgan fingerprint density at radius 1 is 1.87 bits per heavy atom. The molecular formula is C10H15N3O2. The van der Waals surface area contributed by atoms with Crippen LogP contribution in [-0.2, 0) is 11.3 Å². The number of nitrogens with zero attached hydrogens (tertiary/aromatic N) is 2. The average Bonchev–Trinajstić information content (AvgIpc) is 2.66. The summed E-state index contributed by atoms with van der Waals surface area (Å²) in [7, 11) is 0. The van der Waals surface area contributed by atoms with Crippen LogP contribution in [0.3, 0.4) is 0 Å². The highest BCUT2D eigenvalue weighted by Crippen LogP contribution is 2.12. The Labute approximate surface area is 88.4 Å². The number of aryl methyl sites for hydroxylation is 1. The van der Waals surface area contributed by atoms with Gasteiger partial charge in [-0.1, -0.05) is 6.08 Å². The van der Waals surface area contributed by atoms with E-state index in [-0.39, 0.29) is 0 Å². The molecule has 1 heterocycles. The smallest absolute Gasteiger partial charge is 0.326 e. The van der Waals surface area contributed by atoms with E-state index in [1.54, 1.807) is 23.2 Å². The molecule has 82 valence electrons. The van der Waals surface area contributed by atoms with Crippen molar-refractivity contribution in [3.8, 4) is 0 Å². The maximum Gasteiger partial charge on any atom is 0.326 e. The third kappa shape index (κ3) is 2.66. The SMILES string of the molecule is C=CCNC(C(=O)O)c1cncn1CC. The van der Waals surface area contributed by atoms with E-state index >= 15 is 0 Å². The van der Waals surface area contributed by atoms with Crippen LogP contribution in [0, 0.1) is 0 Å². The lowest BCUT2D eigenvalue weighted by molar-refractivity contribution is -0.139. The molecule has 5 heteroatoms. The van der Waals surface area contributed by atoms with Crippen molar-refractivity contribution in [3.63, 3.8) is 0 Å². The van der Waals surface area contributed by atoms with Crippen LogP contribution in [0.15, 0.2) is 25.2 Å². The second kappa shape index (κ2) is 5.31. The fraction of sp³-hybridized carbons (Fsp3) is 0.400. The van der Waals surface area contributed by atoms with Gasteiger partial charge in [0.25, 0.3) is 0 Å². The molecule has 15 heavy (non-hydrogen) atoms. The van der Waals surface area contributed by atoms with Gasteiger partial charge in [0.15, 0.2) is 0 Å². The van der Waals surface area contributed by atoms with Crippen LogP contribution in [0.2, 0.25) is 0 Å². The Morgan fingerprint density at radius 2 is 2.60 bits per heavy atom. The number of rotatable bonds is 6. The second-order valence-corrected chi connectivity index (χ2v) is 3.07. The number of aliphatic carboxylic acids is 1. The molecule has 1 aromatic heterocycles. The van der Waals surface area contributed by atoms with E-state index in [1.807, 2.05) is 6.92 Å². The minimum absolute atomic E-state index is 0.450. The highest BCUT2D eigenvalue weighted by atomic mass is 16.4. The first kappa shape index (κ1) is 11.5. The number of carboxylic acid groups (broad SMARTS) is 1. The Kier molecular flexibility index (Phi) is 4.05. The third-order valence-corrected chi connectivity index (χ3v) is 2.09. The van der Waals surface area contributed by atoms with Crippen LogP contribution in [0.1, 0.15) is 18.7 Å². The van der Waals surface area contributed by atoms with Gasteiger partial charge in [-0.2, -0.15) is 0 Å². The van der Waals surface area contributed by atoms with Crippen LogP contribution in [0.4, 0.5) is 0 Å². The highest BCUT2D eigenvalue weighted by molar-refractivity contribution is 5.74. The van der Waals surface area contributed by atoms with Crippen molar-refractivity contribution in [2.75, 3.05) is 6.54 Å². The molecule has 0 aliphatic rings. The number of imidazole rings is 1. The molecule has 0 bridgehead atoms. The zero-order valence-corrected chi connectivity index (χ0v) is 8.68. The van der Waals surface area contributed by atoms with Crippen LogP contribution in [-0.4, -0.2) is 27.2 Å². The summed E-state index contributed by atoms with van der Waals surface area (Å²) in [5.41, 5.74) is 0.659. The predicted molar refractivity (Wildman–Crippen MR) is 56.5 cm³/mol. The number of carbonyl (C=O) groups is 1. The molecule has 0 amide bonds. The second-order valence-electron chi connectivity index (χ2n) is 3.07. The molecule has 1 unspecified atom stereocenters. The molecular weight excluding hydrogens is 194 g/mol. The summed E-state index contributed by atoms with van der Waals surface area (Å²) in [5, 5.41) is 11.9. The molecule has 1 aromatic rings. The van der Waals surface area contributed by atoms with E-state index in [0.717, 1.165) is 0 Å². The summed E-state index contributed by atoms with van der Waals surface area (Å²) in [6.45, 7) is 6.63. The Morgan fingerprint density at radius 3 is 3.13 bits per heavy atom. The van der Waals surface area contributed by atoms with Gasteiger partial charge in [-0.25, -0.2) is 4.98 Å². The number of hydrogen-bond acceptors (Lipinski definition) is 3. The van der Waals surface area contributed by atoms with Gasteiger partial charge in [0.1, 0.15) is 6.04 Å². The van der Waals surface area contributed by atoms with E-state index in [0.29, 0.717) is 18.8 Å². The van der Waals surface area contributed by atoms with Crippen molar-refractivity contribution in [2.24, 2.45) is 0 Å². The topological polar surface area (TPSA) is 67.2 Å². The van der Waals surface area contributed by atoms with Gasteiger partial charge in [0.05, 0.1) is 18.2 Å². The number of hydrogen-bond donors (Lipinski definition) is 2. The molecule has 5 nitrogen and oxygen atoms in total. The van der Waals surface area contributed by atoms with E-state index in [4.69, 9.17) is 5.11 Å². The summed E-state index contributed by atoms with van der Waals surface area (Å²) < 4.78 is 1.80. The summed E-state index contributed by atoms with van der Waals surface area (Å²) in [4.78, 5) is 15.0. The Hall–Kier alpha value is -1.62. The maximum atomic E-state index is 11.0. The lowest BCUT2D eigenvalue weighted by atomic mass is 10.2. The highest BCUT2D eigenvalue weighted by Gasteiger charge is 2.21. The maximum absolute atomic E-state index is 11.0. The summed E-state index contributed by atoms with van der Waals surface area (Å²) in [5.74, 6) is -0.910. The zero-order valence-electron chi connectivity index (χ0n) is 8.68. The molecule has 0 saturated heterocycles. The van der Waals surface area contributed by atoms with Crippen LogP contribution >= 0.6 is 0 Å². The van der Waals surface area contributed by atoms with Crippen LogP contribution in [0.5, 0.6) is 0 Å². The van der Waals surface area contributed by atoms with E-state index < -0.39 is 12.0 Å². The van der Waals surface area contributed by atoms with Crippen molar-refractivity contribution in [1.82, 2.24) is 14.9 Å². The normalized spacial score (nSPS) is 12.3. The van der Waals surface area contributed by atoms with E-state index in [1.165, 1.54) is 0 Å². The number of aromatic nitrogens is 2. The van der Waals surface area contributed by atoms with E-state index in [2.05, 4.69) is 16.9 Å². The zero-order chi connectivity index (χ0) is 11.3. The summed E-state index contributed by atoms with van der Waals surface area (Å²) in [6.07, 6.45) is 4.82. The van der Waals surface area contributed by atoms with Gasteiger partial charge in [0.2, 0.25) is 0 Å². The van der Waals surface area contributed by atoms with Crippen molar-refractivity contribution in [3.05, 3.63) is 30.9 Å². The van der Waals surface area contributed by atoms with Gasteiger partial charge >= 0.3 is 5.97 Å². The first-order chi connectivity index (χ1) is 7.20. The third-order valence-electron chi connectivity index (χ3n) is 2.09. The van der Waals surface area contributed by atoms with Crippen LogP contribution in [0.25, 0.3) is 0 Å². The largest absolute Gasteiger partial charge is 0.480 e. The molecule has 0 saturated carbocycles. The quantitative estimate of drug-likeness (QED) is 0.680. The molecule has 0 aliphatic carbocycles. The van der Waals surface area contributed by atoms with E-state index in [9.17, 15) is 4.79 Å². The van der Waals surface area contributed by atoms with Gasteiger partial charge in [-0.15, -0.1) is 6.58 Å². The van der Waals surface area contributed by atoms with Gasteiger partial charge in [-0.3, -0.25) is 10.1 Å². The predicted octanol–water partition coefficient (Wildman–Crippen LogP) is 0.804. The Bertz CT molecular complexity index is 346. The fourth-order valence-electron chi connectivity index (χ4n) is 1.36. The Balaban J connectivity index is 2.88. The fourth-order valence-corrected chi connectivity index (χ4v) is 1.36. The van der Waals surface area contributed by atoms with Crippen molar-refractivity contribution >= 4 is 5.97 Å². The van der Waals surface area contributed by atoms with Gasteiger partial charge in [-0.05, 0) is 6.92 Å². The van der Waals surface area contributed by atoms with Crippen molar-refractivity contribution in [1.29, 1.82) is 0 Å². The van der Waals surface area contributed by atoms with Crippen LogP contribution < -0.4 is 5.32 Å². The minimum Gasteiger partial charge on any atom is -0.480 e. The molecule has 0 spiro atoms. The molecule has 2 N–H and O–H groups in total.